The van der Waals surface area contributed by atoms with Gasteiger partial charge in [0.1, 0.15) is 0 Å². The number of rotatable bonds is 4. The summed E-state index contributed by atoms with van der Waals surface area (Å²) in [5, 5.41) is 24.9. The number of hydrogen-bond donors (Lipinski definition) is 3. The van der Waals surface area contributed by atoms with Gasteiger partial charge in [0, 0.05) is 6.42 Å². The third-order valence-electron chi connectivity index (χ3n) is 1.61. The summed E-state index contributed by atoms with van der Waals surface area (Å²) in [5.41, 5.74) is -1.54. The van der Waals surface area contributed by atoms with E-state index in [1.165, 1.54) is 6.92 Å². The summed E-state index contributed by atoms with van der Waals surface area (Å²) in [6, 6.07) is 0. The van der Waals surface area contributed by atoms with Crippen molar-refractivity contribution >= 4 is 11.9 Å². The smallest absolute Gasteiger partial charge is 0.335 e. The third-order valence-corrected chi connectivity index (χ3v) is 1.61. The van der Waals surface area contributed by atoms with E-state index in [-0.39, 0.29) is 6.42 Å². The van der Waals surface area contributed by atoms with Crippen molar-refractivity contribution in [2.24, 2.45) is 0 Å². The average Bonchev–Trinajstić information content (AvgIpc) is 2.05. The summed E-state index contributed by atoms with van der Waals surface area (Å²) >= 11 is 0. The van der Waals surface area contributed by atoms with Crippen LogP contribution in [0, 0.1) is 0 Å². The molecule has 0 aliphatic rings. The molecule has 0 aromatic carbocycles. The zero-order chi connectivity index (χ0) is 11.8. The largest absolute Gasteiger partial charge is 0.481 e. The topological polar surface area (TPSA) is 94.8 Å². The zero-order valence-electron chi connectivity index (χ0n) is 8.78. The third kappa shape index (κ3) is 8.99. The van der Waals surface area contributed by atoms with Gasteiger partial charge in [0.25, 0.3) is 0 Å². The Labute approximate surface area is 83.4 Å². The first-order valence-electron chi connectivity index (χ1n) is 4.45. The second-order valence-corrected chi connectivity index (χ2v) is 3.08. The van der Waals surface area contributed by atoms with E-state index in [2.05, 4.69) is 0 Å². The van der Waals surface area contributed by atoms with E-state index in [0.29, 0.717) is 6.42 Å². The van der Waals surface area contributed by atoms with Crippen molar-refractivity contribution < 1.29 is 24.9 Å². The monoisotopic (exact) mass is 206 g/mol. The Balaban J connectivity index is 0. The van der Waals surface area contributed by atoms with Gasteiger partial charge in [-0.1, -0.05) is 13.8 Å². The molecule has 1 unspecified atom stereocenters. The molecule has 0 fully saturated rings. The molecule has 0 spiro atoms. The number of aliphatic carboxylic acids is 2. The first-order valence-corrected chi connectivity index (χ1v) is 4.45. The first kappa shape index (κ1) is 15.4. The fourth-order valence-electron chi connectivity index (χ4n) is 0.365. The van der Waals surface area contributed by atoms with Gasteiger partial charge in [-0.05, 0) is 19.8 Å². The van der Waals surface area contributed by atoms with Crippen molar-refractivity contribution in [2.45, 2.75) is 45.6 Å². The Bertz CT molecular complexity index is 186. The van der Waals surface area contributed by atoms with E-state index in [1.807, 2.05) is 6.92 Å². The van der Waals surface area contributed by atoms with Crippen molar-refractivity contribution in [3.8, 4) is 0 Å². The molecular formula is C9H18O5. The van der Waals surface area contributed by atoms with Crippen molar-refractivity contribution in [1.82, 2.24) is 0 Å². The van der Waals surface area contributed by atoms with Crippen molar-refractivity contribution in [3.05, 3.63) is 0 Å². The molecule has 0 radical (unpaired) electrons. The van der Waals surface area contributed by atoms with Crippen LogP contribution in [0.3, 0.4) is 0 Å². The van der Waals surface area contributed by atoms with Crippen LogP contribution < -0.4 is 0 Å². The van der Waals surface area contributed by atoms with E-state index in [9.17, 15) is 9.59 Å². The number of hydrogen-bond acceptors (Lipinski definition) is 3. The lowest BCUT2D eigenvalue weighted by Gasteiger charge is -2.13. The number of aliphatic hydroxyl groups is 1. The molecule has 0 aromatic rings. The van der Waals surface area contributed by atoms with Crippen LogP contribution in [-0.4, -0.2) is 32.9 Å². The Morgan fingerprint density at radius 1 is 1.21 bits per heavy atom. The van der Waals surface area contributed by atoms with Crippen LogP contribution in [0.1, 0.15) is 40.0 Å². The maximum absolute atomic E-state index is 10.0. The molecule has 0 rings (SSSR count). The highest BCUT2D eigenvalue weighted by molar-refractivity contribution is 5.76. The van der Waals surface area contributed by atoms with Crippen LogP contribution in [0.2, 0.25) is 0 Å². The number of carbonyl (C=O) groups is 2. The highest BCUT2D eigenvalue weighted by Crippen LogP contribution is 2.06. The van der Waals surface area contributed by atoms with Crippen molar-refractivity contribution in [3.63, 3.8) is 0 Å². The van der Waals surface area contributed by atoms with E-state index in [4.69, 9.17) is 15.3 Å². The molecule has 3 N–H and O–H groups in total. The van der Waals surface area contributed by atoms with Gasteiger partial charge in [0.2, 0.25) is 0 Å². The molecular weight excluding hydrogens is 188 g/mol. The molecule has 14 heavy (non-hydrogen) atoms. The van der Waals surface area contributed by atoms with Gasteiger partial charge in [0.05, 0.1) is 0 Å². The van der Waals surface area contributed by atoms with Gasteiger partial charge in [-0.3, -0.25) is 4.79 Å². The summed E-state index contributed by atoms with van der Waals surface area (Å²) in [5.74, 6) is -1.88. The van der Waals surface area contributed by atoms with Gasteiger partial charge in [-0.25, -0.2) is 4.79 Å². The zero-order valence-corrected chi connectivity index (χ0v) is 8.78. The second kappa shape index (κ2) is 7.32. The molecule has 0 saturated heterocycles. The quantitative estimate of drug-likeness (QED) is 0.640. The van der Waals surface area contributed by atoms with Crippen molar-refractivity contribution in [2.75, 3.05) is 0 Å². The maximum atomic E-state index is 10.0. The Kier molecular flexibility index (Phi) is 8.04. The van der Waals surface area contributed by atoms with Gasteiger partial charge in [-0.15, -0.1) is 0 Å². The molecule has 0 aliphatic heterocycles. The van der Waals surface area contributed by atoms with Crippen molar-refractivity contribution in [1.29, 1.82) is 0 Å². The van der Waals surface area contributed by atoms with Crippen LogP contribution in [0.5, 0.6) is 0 Å². The van der Waals surface area contributed by atoms with Gasteiger partial charge < -0.3 is 15.3 Å². The minimum absolute atomic E-state index is 0.238. The lowest BCUT2D eigenvalue weighted by Crippen LogP contribution is -2.33. The molecule has 0 saturated carbocycles. The van der Waals surface area contributed by atoms with Gasteiger partial charge in [0.15, 0.2) is 5.60 Å². The molecule has 84 valence electrons. The lowest BCUT2D eigenvalue weighted by atomic mass is 10.1. The van der Waals surface area contributed by atoms with Crippen LogP contribution in [0.15, 0.2) is 0 Å². The normalized spacial score (nSPS) is 13.4. The van der Waals surface area contributed by atoms with E-state index < -0.39 is 17.5 Å². The van der Waals surface area contributed by atoms with Crippen LogP contribution in [0.4, 0.5) is 0 Å². The Morgan fingerprint density at radius 2 is 1.64 bits per heavy atom. The standard InChI is InChI=1S/C5H10O3.C4H8O2/c1-3-5(2,8)4(6)7;1-2-3-4(5)6/h8H,3H2,1-2H3,(H,6,7);2-3H2,1H3,(H,5,6). The van der Waals surface area contributed by atoms with Crippen LogP contribution in [0.25, 0.3) is 0 Å². The van der Waals surface area contributed by atoms with Gasteiger partial charge >= 0.3 is 11.9 Å². The maximum Gasteiger partial charge on any atom is 0.335 e. The van der Waals surface area contributed by atoms with Crippen LogP contribution in [-0.2, 0) is 9.59 Å². The SMILES string of the molecule is CCC(C)(O)C(=O)O.CCCC(=O)O. The molecule has 0 heterocycles. The fourth-order valence-corrected chi connectivity index (χ4v) is 0.365. The lowest BCUT2D eigenvalue weighted by molar-refractivity contribution is -0.156. The molecule has 0 aliphatic carbocycles. The second-order valence-electron chi connectivity index (χ2n) is 3.08. The molecule has 5 nitrogen and oxygen atoms in total. The predicted molar refractivity (Wildman–Crippen MR) is 51.1 cm³/mol. The van der Waals surface area contributed by atoms with Crippen LogP contribution >= 0.6 is 0 Å². The van der Waals surface area contributed by atoms with E-state index in [1.54, 1.807) is 6.92 Å². The fraction of sp³-hybridized carbons (Fsp3) is 0.778. The summed E-state index contributed by atoms with van der Waals surface area (Å²) in [6.45, 7) is 4.73. The minimum Gasteiger partial charge on any atom is -0.481 e. The summed E-state index contributed by atoms with van der Waals surface area (Å²) in [4.78, 5) is 19.6. The summed E-state index contributed by atoms with van der Waals surface area (Å²) < 4.78 is 0. The highest BCUT2D eigenvalue weighted by Gasteiger charge is 2.26. The molecule has 5 heteroatoms. The highest BCUT2D eigenvalue weighted by atomic mass is 16.4. The average molecular weight is 206 g/mol. The van der Waals surface area contributed by atoms with E-state index >= 15 is 0 Å². The predicted octanol–water partition coefficient (Wildman–Crippen LogP) is 1.10. The molecule has 0 amide bonds. The summed E-state index contributed by atoms with van der Waals surface area (Å²) in [6.07, 6.45) is 1.26. The van der Waals surface area contributed by atoms with Gasteiger partial charge in [-0.2, -0.15) is 0 Å². The van der Waals surface area contributed by atoms with E-state index in [0.717, 1.165) is 6.42 Å². The Morgan fingerprint density at radius 3 is 1.64 bits per heavy atom. The number of carboxylic acids is 2. The minimum atomic E-state index is -1.54. The molecule has 0 aromatic heterocycles. The number of carboxylic acid groups (broad SMARTS) is 2. The molecule has 0 bridgehead atoms. The first-order chi connectivity index (χ1) is 6.27. The molecule has 1 atom stereocenters. The Hall–Kier alpha value is -1.10. The summed E-state index contributed by atoms with van der Waals surface area (Å²) in [7, 11) is 0.